The van der Waals surface area contributed by atoms with E-state index in [-0.39, 0.29) is 0 Å². The van der Waals surface area contributed by atoms with Gasteiger partial charge in [-0.2, -0.15) is 8.75 Å². The zero-order valence-corrected chi connectivity index (χ0v) is 11.0. The van der Waals surface area contributed by atoms with Crippen molar-refractivity contribution in [2.45, 2.75) is 9.37 Å². The fraction of sp³-hybridized carbons (Fsp3) is 0.333. The summed E-state index contributed by atoms with van der Waals surface area (Å²) in [6.45, 7) is 0. The van der Waals surface area contributed by atoms with Gasteiger partial charge in [0.15, 0.2) is 14.5 Å². The summed E-state index contributed by atoms with van der Waals surface area (Å²) in [5.74, 6) is 0. The highest BCUT2D eigenvalue weighted by Crippen LogP contribution is 2.34. The fourth-order valence-electron chi connectivity index (χ4n) is 0.738. The lowest BCUT2D eigenvalue weighted by Crippen LogP contribution is -2.07. The van der Waals surface area contributed by atoms with Crippen molar-refractivity contribution in [3.05, 3.63) is 5.15 Å². The van der Waals surface area contributed by atoms with Crippen molar-refractivity contribution in [3.63, 3.8) is 0 Å². The Morgan fingerprint density at radius 1 is 1.27 bits per heavy atom. The van der Waals surface area contributed by atoms with Gasteiger partial charge < -0.3 is 4.90 Å². The van der Waals surface area contributed by atoms with Gasteiger partial charge in [0.2, 0.25) is 5.13 Å². The van der Waals surface area contributed by atoms with Crippen LogP contribution in [0.15, 0.2) is 9.37 Å². The molecule has 0 fully saturated rings. The Balaban J connectivity index is 2.15. The van der Waals surface area contributed by atoms with E-state index in [4.69, 9.17) is 11.6 Å². The van der Waals surface area contributed by atoms with Gasteiger partial charge in [0.1, 0.15) is 0 Å². The van der Waals surface area contributed by atoms with Crippen molar-refractivity contribution in [2.24, 2.45) is 0 Å². The number of hydrogen-bond donors (Lipinski definition) is 0. The molecule has 0 aliphatic heterocycles. The highest BCUT2D eigenvalue weighted by atomic mass is 35.5. The van der Waals surface area contributed by atoms with Gasteiger partial charge in [-0.15, -0.1) is 10.2 Å². The summed E-state index contributed by atoms with van der Waals surface area (Å²) in [7, 11) is 3.85. The Labute approximate surface area is 104 Å². The Kier molecular flexibility index (Phi) is 3.39. The van der Waals surface area contributed by atoms with Gasteiger partial charge in [-0.05, 0) is 11.8 Å². The summed E-state index contributed by atoms with van der Waals surface area (Å²) in [4.78, 5) is 1.91. The van der Waals surface area contributed by atoms with E-state index < -0.39 is 0 Å². The van der Waals surface area contributed by atoms with Crippen LogP contribution in [0.2, 0.25) is 5.15 Å². The van der Waals surface area contributed by atoms with Gasteiger partial charge in [-0.3, -0.25) is 0 Å². The molecule has 0 amide bonds. The van der Waals surface area contributed by atoms with E-state index >= 15 is 0 Å². The van der Waals surface area contributed by atoms with Crippen LogP contribution in [0.4, 0.5) is 5.13 Å². The van der Waals surface area contributed by atoms with Crippen LogP contribution in [0, 0.1) is 0 Å². The Morgan fingerprint density at radius 2 is 2.07 bits per heavy atom. The molecule has 2 heterocycles. The zero-order chi connectivity index (χ0) is 10.8. The normalized spacial score (nSPS) is 10.6. The number of hydrogen-bond acceptors (Lipinski definition) is 8. The number of nitrogens with zero attached hydrogens (tertiary/aromatic N) is 5. The van der Waals surface area contributed by atoms with E-state index in [1.54, 1.807) is 0 Å². The second-order valence-corrected chi connectivity index (χ2v) is 5.79. The molecule has 0 aliphatic carbocycles. The molecule has 2 rings (SSSR count). The van der Waals surface area contributed by atoms with E-state index in [0.29, 0.717) is 10.2 Å². The molecule has 0 radical (unpaired) electrons. The topological polar surface area (TPSA) is 54.8 Å². The molecular weight excluding hydrogens is 274 g/mol. The van der Waals surface area contributed by atoms with E-state index in [2.05, 4.69) is 18.9 Å². The first-order valence-electron chi connectivity index (χ1n) is 3.83. The third-order valence-electron chi connectivity index (χ3n) is 1.38. The van der Waals surface area contributed by atoms with E-state index in [1.807, 2.05) is 19.0 Å². The van der Waals surface area contributed by atoms with Crippen molar-refractivity contribution >= 4 is 51.6 Å². The molecule has 0 saturated carbocycles. The van der Waals surface area contributed by atoms with Gasteiger partial charge in [0, 0.05) is 14.1 Å². The smallest absolute Gasteiger partial charge is 0.208 e. The van der Waals surface area contributed by atoms with Crippen LogP contribution in [0.25, 0.3) is 0 Å². The van der Waals surface area contributed by atoms with Gasteiger partial charge in [-0.25, -0.2) is 0 Å². The summed E-state index contributed by atoms with van der Waals surface area (Å²) >= 11 is 9.79. The third-order valence-corrected chi connectivity index (χ3v) is 4.62. The second-order valence-electron chi connectivity index (χ2n) is 2.71. The molecule has 15 heavy (non-hydrogen) atoms. The van der Waals surface area contributed by atoms with Crippen LogP contribution in [0.5, 0.6) is 0 Å². The van der Waals surface area contributed by atoms with Crippen LogP contribution >= 0.6 is 46.4 Å². The quantitative estimate of drug-likeness (QED) is 0.859. The fourth-order valence-corrected chi connectivity index (χ4v) is 3.21. The lowest BCUT2D eigenvalue weighted by molar-refractivity contribution is 0.971. The van der Waals surface area contributed by atoms with Gasteiger partial charge in [-0.1, -0.05) is 22.9 Å². The van der Waals surface area contributed by atoms with E-state index in [0.717, 1.165) is 21.2 Å². The molecule has 9 heteroatoms. The number of aromatic nitrogens is 4. The predicted octanol–water partition coefficient (Wildman–Crippen LogP) is 2.26. The molecule has 2 aromatic heterocycles. The molecule has 0 atom stereocenters. The SMILES string of the molecule is CN(C)c1nnc(Sc2nsnc2Cl)s1. The average Bonchev–Trinajstić information content (AvgIpc) is 2.77. The lowest BCUT2D eigenvalue weighted by Gasteiger charge is -2.03. The highest BCUT2D eigenvalue weighted by Gasteiger charge is 2.12. The Bertz CT molecular complexity index is 453. The van der Waals surface area contributed by atoms with Crippen LogP contribution in [-0.2, 0) is 0 Å². The van der Waals surface area contributed by atoms with Crippen molar-refractivity contribution in [1.82, 2.24) is 18.9 Å². The van der Waals surface area contributed by atoms with Crippen LogP contribution in [-0.4, -0.2) is 33.0 Å². The van der Waals surface area contributed by atoms with Gasteiger partial charge in [0.25, 0.3) is 0 Å². The molecule has 0 aromatic carbocycles. The van der Waals surface area contributed by atoms with Gasteiger partial charge >= 0.3 is 0 Å². The molecule has 0 spiro atoms. The summed E-state index contributed by atoms with van der Waals surface area (Å²) in [6, 6.07) is 0. The standard InChI is InChI=1S/C6H6ClN5S3/c1-12(2)5-8-9-6(14-5)13-4-3(7)10-15-11-4/h1-2H3. The largest absolute Gasteiger partial charge is 0.353 e. The maximum absolute atomic E-state index is 5.82. The van der Waals surface area contributed by atoms with Crippen molar-refractivity contribution < 1.29 is 0 Å². The third kappa shape index (κ3) is 2.57. The van der Waals surface area contributed by atoms with Crippen molar-refractivity contribution in [2.75, 3.05) is 19.0 Å². The number of rotatable bonds is 3. The van der Waals surface area contributed by atoms with Crippen LogP contribution < -0.4 is 4.90 Å². The molecule has 0 unspecified atom stereocenters. The van der Waals surface area contributed by atoms with Gasteiger partial charge in [0.05, 0.1) is 11.7 Å². The minimum atomic E-state index is 0.423. The summed E-state index contributed by atoms with van der Waals surface area (Å²) in [5, 5.41) is 10.00. The molecule has 0 N–H and O–H groups in total. The molecule has 2 aromatic rings. The molecule has 0 saturated heterocycles. The number of halogens is 1. The Morgan fingerprint density at radius 3 is 2.60 bits per heavy atom. The van der Waals surface area contributed by atoms with E-state index in [1.165, 1.54) is 23.1 Å². The Hall–Kier alpha value is -0.440. The summed E-state index contributed by atoms with van der Waals surface area (Å²) in [5.41, 5.74) is 0. The van der Waals surface area contributed by atoms with Crippen LogP contribution in [0.3, 0.4) is 0 Å². The molecular formula is C6H6ClN5S3. The molecule has 0 aliphatic rings. The maximum atomic E-state index is 5.82. The lowest BCUT2D eigenvalue weighted by atomic mass is 10.9. The zero-order valence-electron chi connectivity index (χ0n) is 7.84. The molecule has 80 valence electrons. The first kappa shape index (κ1) is 11.1. The van der Waals surface area contributed by atoms with E-state index in [9.17, 15) is 0 Å². The average molecular weight is 280 g/mol. The number of anilines is 1. The monoisotopic (exact) mass is 279 g/mol. The second kappa shape index (κ2) is 4.60. The highest BCUT2D eigenvalue weighted by molar-refractivity contribution is 8.01. The minimum Gasteiger partial charge on any atom is -0.353 e. The van der Waals surface area contributed by atoms with Crippen LogP contribution in [0.1, 0.15) is 0 Å². The first-order chi connectivity index (χ1) is 7.16. The van der Waals surface area contributed by atoms with Crippen molar-refractivity contribution in [3.8, 4) is 0 Å². The summed E-state index contributed by atoms with van der Waals surface area (Å²) in [6.07, 6.45) is 0. The van der Waals surface area contributed by atoms with Crippen molar-refractivity contribution in [1.29, 1.82) is 0 Å². The maximum Gasteiger partial charge on any atom is 0.208 e. The summed E-state index contributed by atoms with van der Waals surface area (Å²) < 4.78 is 8.74. The minimum absolute atomic E-state index is 0.423. The predicted molar refractivity (Wildman–Crippen MR) is 63.3 cm³/mol. The molecule has 0 bridgehead atoms. The molecule has 5 nitrogen and oxygen atoms in total. The first-order valence-corrected chi connectivity index (χ1v) is 6.57.